The summed E-state index contributed by atoms with van der Waals surface area (Å²) in [4.78, 5) is 10.8. The van der Waals surface area contributed by atoms with E-state index in [-0.39, 0.29) is 5.70 Å². The summed E-state index contributed by atoms with van der Waals surface area (Å²) in [6, 6.07) is 1.84. The third-order valence-corrected chi connectivity index (χ3v) is 4.51. The van der Waals surface area contributed by atoms with E-state index in [1.807, 2.05) is 6.07 Å². The predicted molar refractivity (Wildman–Crippen MR) is 60.4 cm³/mol. The molecule has 13 heavy (non-hydrogen) atoms. The van der Waals surface area contributed by atoms with Crippen LogP contribution in [-0.4, -0.2) is 4.92 Å². The van der Waals surface area contributed by atoms with Crippen molar-refractivity contribution in [3.8, 4) is 0 Å². The minimum Gasteiger partial charge on any atom is -0.259 e. The zero-order valence-electron chi connectivity index (χ0n) is 6.58. The molecule has 3 nitrogen and oxygen atoms in total. The molecule has 0 aliphatic carbocycles. The van der Waals surface area contributed by atoms with Gasteiger partial charge in [0.15, 0.2) is 0 Å². The van der Waals surface area contributed by atoms with E-state index >= 15 is 0 Å². The molecule has 0 aliphatic heterocycles. The average molecular weight is 327 g/mol. The van der Waals surface area contributed by atoms with E-state index in [0.717, 1.165) is 13.1 Å². The molecule has 0 saturated heterocycles. The molecule has 0 amide bonds. The molecule has 1 aromatic heterocycles. The van der Waals surface area contributed by atoms with Crippen molar-refractivity contribution in [2.24, 2.45) is 0 Å². The summed E-state index contributed by atoms with van der Waals surface area (Å²) in [6.45, 7) is 1.47. The largest absolute Gasteiger partial charge is 0.259 e. The number of halogens is 2. The molecule has 70 valence electrons. The van der Waals surface area contributed by atoms with Gasteiger partial charge in [0, 0.05) is 22.3 Å². The molecule has 0 bridgehead atoms. The highest BCUT2D eigenvalue weighted by atomic mass is 79.9. The van der Waals surface area contributed by atoms with Crippen LogP contribution in [0.4, 0.5) is 0 Å². The third kappa shape index (κ3) is 2.89. The summed E-state index contributed by atoms with van der Waals surface area (Å²) in [5.41, 5.74) is 0.140. The second-order valence-electron chi connectivity index (χ2n) is 2.31. The van der Waals surface area contributed by atoms with Crippen molar-refractivity contribution in [2.45, 2.75) is 6.92 Å². The van der Waals surface area contributed by atoms with Crippen molar-refractivity contribution in [3.63, 3.8) is 0 Å². The number of thiophene rings is 1. The van der Waals surface area contributed by atoms with Crippen LogP contribution in [0.3, 0.4) is 0 Å². The molecule has 0 aromatic carbocycles. The van der Waals surface area contributed by atoms with Gasteiger partial charge in [0.25, 0.3) is 0 Å². The third-order valence-electron chi connectivity index (χ3n) is 1.30. The Morgan fingerprint density at radius 1 is 1.69 bits per heavy atom. The summed E-state index contributed by atoms with van der Waals surface area (Å²) in [5, 5.41) is 10.3. The first-order valence-corrected chi connectivity index (χ1v) is 5.68. The zero-order chi connectivity index (χ0) is 10.0. The van der Waals surface area contributed by atoms with Crippen LogP contribution < -0.4 is 0 Å². The number of allylic oxidation sites excluding steroid dienone is 1. The fraction of sp³-hybridized carbons (Fsp3) is 0.143. The molecule has 0 radical (unpaired) electrons. The number of nitrogens with zero attached hydrogens (tertiary/aromatic N) is 1. The lowest BCUT2D eigenvalue weighted by atomic mass is 10.4. The highest BCUT2D eigenvalue weighted by Gasteiger charge is 2.06. The lowest BCUT2D eigenvalue weighted by Gasteiger charge is -1.86. The maximum Gasteiger partial charge on any atom is 0.244 e. The lowest BCUT2D eigenvalue weighted by Crippen LogP contribution is -1.91. The fourth-order valence-corrected chi connectivity index (χ4v) is 2.78. The van der Waals surface area contributed by atoms with Gasteiger partial charge in [-0.25, -0.2) is 0 Å². The van der Waals surface area contributed by atoms with Crippen LogP contribution in [0.25, 0.3) is 6.08 Å². The molecule has 1 aromatic rings. The van der Waals surface area contributed by atoms with Crippen LogP contribution >= 0.6 is 43.2 Å². The summed E-state index contributed by atoms with van der Waals surface area (Å²) < 4.78 is 1.86. The highest BCUT2D eigenvalue weighted by Crippen LogP contribution is 2.33. The van der Waals surface area contributed by atoms with Crippen LogP contribution in [0.15, 0.2) is 20.0 Å². The van der Waals surface area contributed by atoms with E-state index in [0.29, 0.717) is 0 Å². The highest BCUT2D eigenvalue weighted by molar-refractivity contribution is 9.13. The Balaban J connectivity index is 2.98. The maximum atomic E-state index is 10.3. The number of hydrogen-bond donors (Lipinski definition) is 0. The van der Waals surface area contributed by atoms with E-state index < -0.39 is 4.92 Å². The van der Waals surface area contributed by atoms with Gasteiger partial charge in [-0.15, -0.1) is 11.3 Å². The van der Waals surface area contributed by atoms with Crippen LogP contribution in [0.5, 0.6) is 0 Å². The number of hydrogen-bond acceptors (Lipinski definition) is 3. The SMILES string of the molecule is CC(=Cc1cc(Br)c(Br)s1)[N+](=O)[O-]. The Morgan fingerprint density at radius 3 is 2.69 bits per heavy atom. The molecule has 0 spiro atoms. The standard InChI is InChI=1S/C7H5Br2NO2S/c1-4(10(11)12)2-5-3-6(8)7(9)13-5/h2-3H,1H3. The summed E-state index contributed by atoms with van der Waals surface area (Å²) in [5.74, 6) is 0. The zero-order valence-corrected chi connectivity index (χ0v) is 10.6. The summed E-state index contributed by atoms with van der Waals surface area (Å²) >= 11 is 8.07. The van der Waals surface area contributed by atoms with Crippen molar-refractivity contribution in [1.29, 1.82) is 0 Å². The number of nitro groups is 1. The lowest BCUT2D eigenvalue weighted by molar-refractivity contribution is -0.422. The van der Waals surface area contributed by atoms with Crippen LogP contribution in [0.1, 0.15) is 11.8 Å². The fourth-order valence-electron chi connectivity index (χ4n) is 0.693. The predicted octanol–water partition coefficient (Wildman–Crippen LogP) is 3.91. The van der Waals surface area contributed by atoms with Crippen molar-refractivity contribution >= 4 is 49.3 Å². The van der Waals surface area contributed by atoms with Crippen molar-refractivity contribution in [3.05, 3.63) is 35.0 Å². The topological polar surface area (TPSA) is 43.1 Å². The Hall–Kier alpha value is -0.200. The Kier molecular flexibility index (Phi) is 3.63. The van der Waals surface area contributed by atoms with Gasteiger partial charge >= 0.3 is 0 Å². The molecule has 1 heterocycles. The second kappa shape index (κ2) is 4.34. The van der Waals surface area contributed by atoms with Crippen molar-refractivity contribution < 1.29 is 4.92 Å². The van der Waals surface area contributed by atoms with Gasteiger partial charge in [-0.05, 0) is 37.9 Å². The minimum absolute atomic E-state index is 0.140. The van der Waals surface area contributed by atoms with Gasteiger partial charge in [-0.1, -0.05) is 0 Å². The monoisotopic (exact) mass is 325 g/mol. The first-order valence-electron chi connectivity index (χ1n) is 3.28. The van der Waals surface area contributed by atoms with Crippen LogP contribution in [-0.2, 0) is 0 Å². The molecular weight excluding hydrogens is 322 g/mol. The maximum absolute atomic E-state index is 10.3. The molecule has 1 rings (SSSR count). The quantitative estimate of drug-likeness (QED) is 0.611. The van der Waals surface area contributed by atoms with E-state index in [1.54, 1.807) is 6.08 Å². The minimum atomic E-state index is -0.401. The van der Waals surface area contributed by atoms with Gasteiger partial charge in [-0.3, -0.25) is 10.1 Å². The van der Waals surface area contributed by atoms with E-state index in [2.05, 4.69) is 31.9 Å². The van der Waals surface area contributed by atoms with Gasteiger partial charge in [0.2, 0.25) is 5.70 Å². The van der Waals surface area contributed by atoms with Crippen molar-refractivity contribution in [1.82, 2.24) is 0 Å². The average Bonchev–Trinajstić information content (AvgIpc) is 2.31. The molecule has 0 atom stereocenters. The second-order valence-corrected chi connectivity index (χ2v) is 5.57. The molecule has 0 saturated carbocycles. The van der Waals surface area contributed by atoms with Gasteiger partial charge in [0.05, 0.1) is 8.71 Å². The van der Waals surface area contributed by atoms with Crippen LogP contribution in [0.2, 0.25) is 0 Å². The van der Waals surface area contributed by atoms with Crippen molar-refractivity contribution in [2.75, 3.05) is 0 Å². The molecule has 0 unspecified atom stereocenters. The van der Waals surface area contributed by atoms with E-state index in [4.69, 9.17) is 0 Å². The molecule has 0 fully saturated rings. The number of rotatable bonds is 2. The van der Waals surface area contributed by atoms with Gasteiger partial charge in [0.1, 0.15) is 0 Å². The molecule has 0 N–H and O–H groups in total. The Bertz CT molecular complexity index is 353. The molecule has 6 heteroatoms. The van der Waals surface area contributed by atoms with Gasteiger partial charge in [-0.2, -0.15) is 0 Å². The Morgan fingerprint density at radius 2 is 2.31 bits per heavy atom. The van der Waals surface area contributed by atoms with E-state index in [9.17, 15) is 10.1 Å². The van der Waals surface area contributed by atoms with Crippen LogP contribution in [0, 0.1) is 10.1 Å². The summed E-state index contributed by atoms with van der Waals surface area (Å²) in [7, 11) is 0. The van der Waals surface area contributed by atoms with Gasteiger partial charge < -0.3 is 0 Å². The van der Waals surface area contributed by atoms with E-state index in [1.165, 1.54) is 18.3 Å². The molecular formula is C7H5Br2NO2S. The molecule has 0 aliphatic rings. The normalized spacial score (nSPS) is 11.8. The summed E-state index contributed by atoms with van der Waals surface area (Å²) in [6.07, 6.45) is 1.54. The first-order chi connectivity index (χ1) is 6.00. The first kappa shape index (κ1) is 10.9. The smallest absolute Gasteiger partial charge is 0.244 e. The Labute approximate surface area is 95.9 Å².